The number of aryl methyl sites for hydroxylation is 1. The highest BCUT2D eigenvalue weighted by Gasteiger charge is 2.11. The zero-order valence-electron chi connectivity index (χ0n) is 11.5. The number of oxazole rings is 1. The van der Waals surface area contributed by atoms with Gasteiger partial charge in [-0.25, -0.2) is 4.98 Å². The predicted octanol–water partition coefficient (Wildman–Crippen LogP) is 1.72. The molecule has 1 aromatic carbocycles. The minimum atomic E-state index is -0.0292. The number of nitrogens with zero attached hydrogens (tertiary/aromatic N) is 2. The number of hydrogen-bond acceptors (Lipinski definition) is 4. The Morgan fingerprint density at radius 3 is 2.80 bits per heavy atom. The van der Waals surface area contributed by atoms with Gasteiger partial charge < -0.3 is 14.4 Å². The first-order chi connectivity index (χ1) is 9.70. The van der Waals surface area contributed by atoms with Crippen LogP contribution in [0.5, 0.6) is 0 Å². The van der Waals surface area contributed by atoms with Crippen molar-refractivity contribution >= 4 is 5.91 Å². The lowest BCUT2D eigenvalue weighted by Gasteiger charge is -2.14. The molecular formula is C15H18N2O3. The van der Waals surface area contributed by atoms with Gasteiger partial charge in [0.15, 0.2) is 11.7 Å². The second kappa shape index (κ2) is 6.86. The summed E-state index contributed by atoms with van der Waals surface area (Å²) < 4.78 is 5.63. The molecule has 0 saturated heterocycles. The van der Waals surface area contributed by atoms with E-state index in [1.807, 2.05) is 30.3 Å². The summed E-state index contributed by atoms with van der Waals surface area (Å²) in [4.78, 5) is 17.4. The van der Waals surface area contributed by atoms with Crippen molar-refractivity contribution in [1.29, 1.82) is 0 Å². The van der Waals surface area contributed by atoms with Crippen LogP contribution in [0.15, 0.2) is 40.9 Å². The number of aromatic nitrogens is 1. The quantitative estimate of drug-likeness (QED) is 0.871. The summed E-state index contributed by atoms with van der Waals surface area (Å²) in [5.74, 6) is 1.23. The van der Waals surface area contributed by atoms with Gasteiger partial charge in [-0.1, -0.05) is 30.3 Å². The third-order valence-corrected chi connectivity index (χ3v) is 3.03. The minimum absolute atomic E-state index is 0.0284. The van der Waals surface area contributed by atoms with Crippen molar-refractivity contribution < 1.29 is 14.3 Å². The Labute approximate surface area is 117 Å². The highest BCUT2D eigenvalue weighted by Crippen LogP contribution is 2.20. The topological polar surface area (TPSA) is 66.6 Å². The Bertz CT molecular complexity index is 551. The van der Waals surface area contributed by atoms with Crippen molar-refractivity contribution in [1.82, 2.24) is 9.88 Å². The van der Waals surface area contributed by atoms with Gasteiger partial charge in [0.25, 0.3) is 0 Å². The first-order valence-electron chi connectivity index (χ1n) is 6.55. The predicted molar refractivity (Wildman–Crippen MR) is 75.0 cm³/mol. The van der Waals surface area contributed by atoms with Crippen LogP contribution in [0, 0.1) is 0 Å². The molecule has 0 bridgehead atoms. The number of amides is 1. The average Bonchev–Trinajstić information content (AvgIpc) is 2.95. The van der Waals surface area contributed by atoms with Gasteiger partial charge >= 0.3 is 0 Å². The van der Waals surface area contributed by atoms with Crippen molar-refractivity contribution in [3.05, 3.63) is 42.4 Å². The molecule has 0 unspecified atom stereocenters. The fourth-order valence-corrected chi connectivity index (χ4v) is 1.84. The average molecular weight is 274 g/mol. The van der Waals surface area contributed by atoms with Crippen LogP contribution in [0.1, 0.15) is 12.3 Å². The van der Waals surface area contributed by atoms with Gasteiger partial charge in [-0.15, -0.1) is 0 Å². The normalized spacial score (nSPS) is 10.5. The number of aliphatic hydroxyl groups excluding tert-OH is 1. The maximum atomic E-state index is 11.7. The van der Waals surface area contributed by atoms with Crippen LogP contribution < -0.4 is 0 Å². The first kappa shape index (κ1) is 14.3. The van der Waals surface area contributed by atoms with Crippen LogP contribution in [-0.2, 0) is 11.2 Å². The largest absolute Gasteiger partial charge is 0.441 e. The molecule has 1 N–H and O–H groups in total. The van der Waals surface area contributed by atoms with Crippen molar-refractivity contribution in [2.45, 2.75) is 12.8 Å². The summed E-state index contributed by atoms with van der Waals surface area (Å²) in [5, 5.41) is 8.78. The lowest BCUT2D eigenvalue weighted by Crippen LogP contribution is -2.29. The Hall–Kier alpha value is -2.14. The van der Waals surface area contributed by atoms with Crippen LogP contribution in [-0.4, -0.2) is 41.1 Å². The second-order valence-corrected chi connectivity index (χ2v) is 4.52. The molecule has 0 saturated carbocycles. The lowest BCUT2D eigenvalue weighted by molar-refractivity contribution is -0.130. The highest BCUT2D eigenvalue weighted by molar-refractivity contribution is 5.76. The Balaban J connectivity index is 1.92. The summed E-state index contributed by atoms with van der Waals surface area (Å²) in [6.45, 7) is 0.319. The van der Waals surface area contributed by atoms with Crippen molar-refractivity contribution in [3.63, 3.8) is 0 Å². The third-order valence-electron chi connectivity index (χ3n) is 3.03. The monoisotopic (exact) mass is 274 g/mol. The number of rotatable bonds is 6. The fourth-order valence-electron chi connectivity index (χ4n) is 1.84. The maximum absolute atomic E-state index is 11.7. The molecule has 2 rings (SSSR count). The summed E-state index contributed by atoms with van der Waals surface area (Å²) in [5.41, 5.74) is 0.968. The Kier molecular flexibility index (Phi) is 4.90. The number of carbonyl (C=O) groups is 1. The molecular weight excluding hydrogens is 256 g/mol. The molecule has 5 nitrogen and oxygen atoms in total. The van der Waals surface area contributed by atoms with Crippen LogP contribution in [0.25, 0.3) is 11.3 Å². The standard InChI is InChI=1S/C15H18N2O3/c1-17(9-10-18)15(19)8-7-14-16-11-13(20-14)12-5-3-2-4-6-12/h2-6,11,18H,7-10H2,1H3. The van der Waals surface area contributed by atoms with E-state index in [0.717, 1.165) is 5.56 Å². The van der Waals surface area contributed by atoms with Gasteiger partial charge in [-0.05, 0) is 0 Å². The van der Waals surface area contributed by atoms with Crippen molar-refractivity contribution in [2.24, 2.45) is 0 Å². The lowest BCUT2D eigenvalue weighted by atomic mass is 10.2. The summed E-state index contributed by atoms with van der Waals surface area (Å²) in [7, 11) is 1.67. The molecule has 20 heavy (non-hydrogen) atoms. The molecule has 0 radical (unpaired) electrons. The zero-order chi connectivity index (χ0) is 14.4. The molecule has 1 amide bonds. The molecule has 106 valence electrons. The van der Waals surface area contributed by atoms with E-state index in [1.165, 1.54) is 4.90 Å². The van der Waals surface area contributed by atoms with Crippen LogP contribution in [0.3, 0.4) is 0 Å². The molecule has 0 fully saturated rings. The molecule has 0 spiro atoms. The molecule has 0 atom stereocenters. The third kappa shape index (κ3) is 3.68. The first-order valence-corrected chi connectivity index (χ1v) is 6.55. The van der Waals surface area contributed by atoms with Gasteiger partial charge in [0, 0.05) is 32.0 Å². The minimum Gasteiger partial charge on any atom is -0.441 e. The Morgan fingerprint density at radius 1 is 1.35 bits per heavy atom. The van der Waals surface area contributed by atoms with Gasteiger partial charge in [0.05, 0.1) is 12.8 Å². The van der Waals surface area contributed by atoms with Gasteiger partial charge in [-0.2, -0.15) is 0 Å². The van der Waals surface area contributed by atoms with Crippen LogP contribution in [0.2, 0.25) is 0 Å². The van der Waals surface area contributed by atoms with E-state index in [0.29, 0.717) is 31.0 Å². The van der Waals surface area contributed by atoms with Crippen LogP contribution in [0.4, 0.5) is 0 Å². The summed E-state index contributed by atoms with van der Waals surface area (Å²) in [6.07, 6.45) is 2.46. The molecule has 0 aliphatic heterocycles. The highest BCUT2D eigenvalue weighted by atomic mass is 16.4. The number of carbonyl (C=O) groups excluding carboxylic acids is 1. The van der Waals surface area contributed by atoms with Crippen LogP contribution >= 0.6 is 0 Å². The number of benzene rings is 1. The molecule has 0 aliphatic carbocycles. The van der Waals surface area contributed by atoms with Crippen molar-refractivity contribution in [3.8, 4) is 11.3 Å². The number of aliphatic hydroxyl groups is 1. The molecule has 5 heteroatoms. The smallest absolute Gasteiger partial charge is 0.222 e. The second-order valence-electron chi connectivity index (χ2n) is 4.52. The summed E-state index contributed by atoms with van der Waals surface area (Å²) in [6, 6.07) is 9.71. The van der Waals surface area contributed by atoms with Gasteiger partial charge in [0.1, 0.15) is 0 Å². The van der Waals surface area contributed by atoms with E-state index >= 15 is 0 Å². The molecule has 0 aliphatic rings. The van der Waals surface area contributed by atoms with Crippen molar-refractivity contribution in [2.75, 3.05) is 20.2 Å². The van der Waals surface area contributed by atoms with E-state index < -0.39 is 0 Å². The van der Waals surface area contributed by atoms with E-state index in [4.69, 9.17) is 9.52 Å². The van der Waals surface area contributed by atoms with E-state index in [9.17, 15) is 4.79 Å². The summed E-state index contributed by atoms with van der Waals surface area (Å²) >= 11 is 0. The molecule has 1 heterocycles. The van der Waals surface area contributed by atoms with E-state index in [2.05, 4.69) is 4.98 Å². The van der Waals surface area contributed by atoms with E-state index in [-0.39, 0.29) is 12.5 Å². The van der Waals surface area contributed by atoms with E-state index in [1.54, 1.807) is 13.2 Å². The Morgan fingerprint density at radius 2 is 2.10 bits per heavy atom. The van der Waals surface area contributed by atoms with Gasteiger partial charge in [-0.3, -0.25) is 4.79 Å². The van der Waals surface area contributed by atoms with Gasteiger partial charge in [0.2, 0.25) is 5.91 Å². The SMILES string of the molecule is CN(CCO)C(=O)CCc1ncc(-c2ccccc2)o1. The number of likely N-dealkylation sites (N-methyl/N-ethyl adjacent to an activating group) is 1. The molecule has 1 aromatic heterocycles. The maximum Gasteiger partial charge on any atom is 0.222 e. The molecule has 2 aromatic rings. The zero-order valence-corrected chi connectivity index (χ0v) is 11.5. The number of hydrogen-bond donors (Lipinski definition) is 1. The fraction of sp³-hybridized carbons (Fsp3) is 0.333.